The molecule has 0 saturated carbocycles. The second-order valence-corrected chi connectivity index (χ2v) is 11.9. The molecule has 0 unspecified atom stereocenters. The molecule has 0 aliphatic rings. The van der Waals surface area contributed by atoms with Crippen LogP contribution in [0.15, 0.2) is 48.6 Å². The Morgan fingerprint density at radius 1 is 0.721 bits per heavy atom. The number of unbranched alkanes of at least 4 members (excludes halogenated alkanes) is 10. The molecule has 0 aliphatic heterocycles. The number of allylic oxidation sites excluding steroid dienone is 6. The molecule has 3 N–H and O–H groups in total. The van der Waals surface area contributed by atoms with Crippen molar-refractivity contribution in [1.29, 1.82) is 0 Å². The van der Waals surface area contributed by atoms with Crippen molar-refractivity contribution in [3.8, 4) is 0 Å². The third-order valence-electron chi connectivity index (χ3n) is 6.43. The second-order valence-electron chi connectivity index (χ2n) is 10.6. The SMILES string of the molecule is CCCCC/C=C\C[C@H](O)/C=C/C=C\C/C=C\CCCC(=O)O[C@H](COC(=O)CCCCCCCCC)COP(=O)(O)O. The molecule has 2 atom stereocenters. The van der Waals surface area contributed by atoms with Crippen LogP contribution in [0.4, 0.5) is 0 Å². The highest BCUT2D eigenvalue weighted by atomic mass is 31.2. The number of aliphatic hydroxyl groups is 1. The summed E-state index contributed by atoms with van der Waals surface area (Å²) in [5, 5.41) is 9.95. The van der Waals surface area contributed by atoms with Crippen molar-refractivity contribution >= 4 is 19.8 Å². The molecule has 0 fully saturated rings. The van der Waals surface area contributed by atoms with Gasteiger partial charge in [0, 0.05) is 12.8 Å². The van der Waals surface area contributed by atoms with Gasteiger partial charge in [-0.1, -0.05) is 114 Å². The predicted octanol–water partition coefficient (Wildman–Crippen LogP) is 7.81. The summed E-state index contributed by atoms with van der Waals surface area (Å²) >= 11 is 0. The van der Waals surface area contributed by atoms with E-state index < -0.39 is 38.6 Å². The second kappa shape index (κ2) is 28.7. The van der Waals surface area contributed by atoms with Crippen LogP contribution in [0.2, 0.25) is 0 Å². The number of ether oxygens (including phenoxy) is 2. The van der Waals surface area contributed by atoms with E-state index in [1.807, 2.05) is 36.5 Å². The number of esters is 2. The van der Waals surface area contributed by atoms with E-state index in [-0.39, 0.29) is 19.4 Å². The van der Waals surface area contributed by atoms with E-state index in [0.29, 0.717) is 32.1 Å². The zero-order valence-electron chi connectivity index (χ0n) is 26.4. The fourth-order valence-corrected chi connectivity index (χ4v) is 4.34. The maximum atomic E-state index is 12.2. The average molecular weight is 629 g/mol. The fraction of sp³-hybridized carbons (Fsp3) is 0.697. The van der Waals surface area contributed by atoms with Gasteiger partial charge in [0.1, 0.15) is 6.61 Å². The van der Waals surface area contributed by atoms with Crippen molar-refractivity contribution in [2.75, 3.05) is 13.2 Å². The number of phosphoric acid groups is 1. The van der Waals surface area contributed by atoms with Crippen molar-refractivity contribution in [3.05, 3.63) is 48.6 Å². The van der Waals surface area contributed by atoms with Crippen LogP contribution >= 0.6 is 7.82 Å². The van der Waals surface area contributed by atoms with Crippen LogP contribution in [0.1, 0.15) is 123 Å². The predicted molar refractivity (Wildman–Crippen MR) is 171 cm³/mol. The molecule has 0 aromatic heterocycles. The van der Waals surface area contributed by atoms with Crippen LogP contribution in [-0.2, 0) is 28.2 Å². The first-order chi connectivity index (χ1) is 20.7. The molecule has 0 heterocycles. The molecule has 0 saturated heterocycles. The summed E-state index contributed by atoms with van der Waals surface area (Å²) in [6.45, 7) is 3.44. The summed E-state index contributed by atoms with van der Waals surface area (Å²) in [4.78, 5) is 42.3. The van der Waals surface area contributed by atoms with E-state index >= 15 is 0 Å². The number of hydrogen-bond donors (Lipinski definition) is 3. The van der Waals surface area contributed by atoms with Crippen molar-refractivity contribution < 1.29 is 43.0 Å². The lowest BCUT2D eigenvalue weighted by molar-refractivity contribution is -0.161. The Kier molecular flexibility index (Phi) is 27.4. The van der Waals surface area contributed by atoms with Crippen LogP contribution < -0.4 is 0 Å². The van der Waals surface area contributed by atoms with Crippen LogP contribution in [0, 0.1) is 0 Å². The lowest BCUT2D eigenvalue weighted by Crippen LogP contribution is -2.29. The molecule has 0 spiro atoms. The molecule has 0 radical (unpaired) electrons. The molecule has 248 valence electrons. The van der Waals surface area contributed by atoms with Gasteiger partial charge in [-0.3, -0.25) is 14.1 Å². The molecule has 0 aromatic rings. The summed E-state index contributed by atoms with van der Waals surface area (Å²) in [6, 6.07) is 0. The molecular formula is C33H57O9P. The summed E-state index contributed by atoms with van der Waals surface area (Å²) in [7, 11) is -4.77. The Labute approximate surface area is 259 Å². The topological polar surface area (TPSA) is 140 Å². The number of rotatable bonds is 28. The van der Waals surface area contributed by atoms with E-state index in [9.17, 15) is 19.3 Å². The van der Waals surface area contributed by atoms with Crippen molar-refractivity contribution in [1.82, 2.24) is 0 Å². The van der Waals surface area contributed by atoms with Gasteiger partial charge in [0.15, 0.2) is 6.10 Å². The lowest BCUT2D eigenvalue weighted by atomic mass is 10.1. The van der Waals surface area contributed by atoms with Crippen LogP contribution in [0.3, 0.4) is 0 Å². The number of phosphoric ester groups is 1. The highest BCUT2D eigenvalue weighted by Crippen LogP contribution is 2.35. The monoisotopic (exact) mass is 628 g/mol. The Bertz CT molecular complexity index is 860. The van der Waals surface area contributed by atoms with Crippen molar-refractivity contribution in [3.63, 3.8) is 0 Å². The minimum Gasteiger partial charge on any atom is -0.462 e. The Balaban J connectivity index is 4.23. The number of aliphatic hydroxyl groups excluding tert-OH is 1. The Morgan fingerprint density at radius 3 is 2.07 bits per heavy atom. The molecular weight excluding hydrogens is 571 g/mol. The number of carbonyl (C=O) groups is 2. The van der Waals surface area contributed by atoms with Crippen LogP contribution in [0.5, 0.6) is 0 Å². The zero-order valence-corrected chi connectivity index (χ0v) is 27.3. The van der Waals surface area contributed by atoms with E-state index in [0.717, 1.165) is 25.7 Å². The maximum absolute atomic E-state index is 12.2. The smallest absolute Gasteiger partial charge is 0.462 e. The molecule has 0 amide bonds. The minimum atomic E-state index is -4.77. The summed E-state index contributed by atoms with van der Waals surface area (Å²) in [6.07, 6.45) is 28.9. The first kappa shape index (κ1) is 41.0. The minimum absolute atomic E-state index is 0.103. The van der Waals surface area contributed by atoms with E-state index in [2.05, 4.69) is 24.4 Å². The van der Waals surface area contributed by atoms with Gasteiger partial charge in [-0.25, -0.2) is 4.57 Å². The van der Waals surface area contributed by atoms with E-state index in [1.54, 1.807) is 6.08 Å². The standard InChI is InChI=1S/C33H57O9P/c1-3-5-7-9-13-18-22-26-32(35)40-28-31(29-41-43(37,38)39)42-33(36)27-23-19-15-12-11-14-17-21-25-30(34)24-20-16-10-8-6-4-2/h12,14-17,20-21,25,30-31,34H,3-11,13,18-19,22-24,26-29H2,1-2H3,(H2,37,38,39)/b15-12-,17-14-,20-16-,25-21+/t30-,31+/m0/s1. The van der Waals surface area contributed by atoms with Crippen molar-refractivity contribution in [2.24, 2.45) is 0 Å². The highest BCUT2D eigenvalue weighted by Gasteiger charge is 2.22. The van der Waals surface area contributed by atoms with Gasteiger partial charge < -0.3 is 24.4 Å². The van der Waals surface area contributed by atoms with Crippen molar-refractivity contribution in [2.45, 2.75) is 135 Å². The zero-order chi connectivity index (χ0) is 32.0. The maximum Gasteiger partial charge on any atom is 0.469 e. The number of carbonyl (C=O) groups excluding carboxylic acids is 2. The van der Waals surface area contributed by atoms with Gasteiger partial charge >= 0.3 is 19.8 Å². The number of hydrogen-bond acceptors (Lipinski definition) is 7. The fourth-order valence-electron chi connectivity index (χ4n) is 3.98. The Morgan fingerprint density at radius 2 is 1.35 bits per heavy atom. The normalized spacial score (nSPS) is 13.9. The average Bonchev–Trinajstić information content (AvgIpc) is 2.96. The van der Waals surface area contributed by atoms with Gasteiger partial charge in [-0.05, 0) is 44.9 Å². The summed E-state index contributed by atoms with van der Waals surface area (Å²) in [5.74, 6) is -1.00. The van der Waals surface area contributed by atoms with Crippen LogP contribution in [0.25, 0.3) is 0 Å². The quantitative estimate of drug-likeness (QED) is 0.0260. The third kappa shape index (κ3) is 31.2. The van der Waals surface area contributed by atoms with E-state index in [4.69, 9.17) is 19.3 Å². The lowest BCUT2D eigenvalue weighted by Gasteiger charge is -2.18. The summed E-state index contributed by atoms with van der Waals surface area (Å²) < 4.78 is 26.0. The van der Waals surface area contributed by atoms with Crippen LogP contribution in [-0.4, -0.2) is 52.3 Å². The largest absolute Gasteiger partial charge is 0.469 e. The van der Waals surface area contributed by atoms with Gasteiger partial charge in [0.2, 0.25) is 0 Å². The van der Waals surface area contributed by atoms with Gasteiger partial charge in [-0.2, -0.15) is 0 Å². The van der Waals surface area contributed by atoms with Gasteiger partial charge in [-0.15, -0.1) is 0 Å². The molecule has 0 bridgehead atoms. The third-order valence-corrected chi connectivity index (χ3v) is 6.92. The molecule has 43 heavy (non-hydrogen) atoms. The molecule has 0 rings (SSSR count). The van der Waals surface area contributed by atoms with Gasteiger partial charge in [0.25, 0.3) is 0 Å². The summed E-state index contributed by atoms with van der Waals surface area (Å²) in [5.41, 5.74) is 0. The molecule has 0 aromatic carbocycles. The Hall–Kier alpha value is -2.03. The first-order valence-corrected chi connectivity index (χ1v) is 17.6. The van der Waals surface area contributed by atoms with Gasteiger partial charge in [0.05, 0.1) is 12.7 Å². The molecule has 9 nitrogen and oxygen atoms in total. The molecule has 10 heteroatoms. The highest BCUT2D eigenvalue weighted by molar-refractivity contribution is 7.46. The molecule has 0 aliphatic carbocycles. The van der Waals surface area contributed by atoms with E-state index in [1.165, 1.54) is 38.5 Å². The first-order valence-electron chi connectivity index (χ1n) is 16.0.